The van der Waals surface area contributed by atoms with E-state index in [2.05, 4.69) is 10.2 Å². The fourth-order valence-electron chi connectivity index (χ4n) is 2.45. The third-order valence-corrected chi connectivity index (χ3v) is 3.56. The Labute approximate surface area is 116 Å². The third kappa shape index (κ3) is 2.46. The number of nitrogens with zero attached hydrogens (tertiary/aromatic N) is 2. The van der Waals surface area contributed by atoms with Crippen LogP contribution in [0.3, 0.4) is 0 Å². The lowest BCUT2D eigenvalue weighted by Gasteiger charge is -2.16. The predicted octanol–water partition coefficient (Wildman–Crippen LogP) is 1.78. The number of aromatic nitrogens is 2. The van der Waals surface area contributed by atoms with Crippen molar-refractivity contribution < 1.29 is 13.9 Å². The first-order valence-electron chi connectivity index (χ1n) is 6.64. The average molecular weight is 275 g/mol. The van der Waals surface area contributed by atoms with Gasteiger partial charge >= 0.3 is 0 Å². The van der Waals surface area contributed by atoms with E-state index in [9.17, 15) is 4.79 Å². The smallest absolute Gasteiger partial charge is 0.257 e. The zero-order valence-electron chi connectivity index (χ0n) is 11.3. The molecule has 6 heteroatoms. The molecule has 106 valence electrons. The Morgan fingerprint density at radius 3 is 3.20 bits per heavy atom. The van der Waals surface area contributed by atoms with Crippen LogP contribution < -0.4 is 0 Å². The molecule has 0 spiro atoms. The van der Waals surface area contributed by atoms with Crippen molar-refractivity contribution in [2.45, 2.75) is 18.9 Å². The van der Waals surface area contributed by atoms with Gasteiger partial charge in [0, 0.05) is 19.6 Å². The Balaban J connectivity index is 1.75. The highest BCUT2D eigenvalue weighted by Crippen LogP contribution is 2.26. The minimum Gasteiger partial charge on any atom is -0.467 e. The second-order valence-corrected chi connectivity index (χ2v) is 5.00. The van der Waals surface area contributed by atoms with Crippen LogP contribution in [0.5, 0.6) is 0 Å². The Hall–Kier alpha value is -2.08. The standard InChI is InChI=1S/C14H17N3O3/c1-17(8-11-3-2-5-20-11)14(18)12-7-15-16-13(12)10-4-6-19-9-10/h2-3,5,7,10H,4,6,8-9H2,1H3,(H,15,16)/t10-/m1/s1. The van der Waals surface area contributed by atoms with E-state index in [4.69, 9.17) is 9.15 Å². The maximum Gasteiger partial charge on any atom is 0.257 e. The molecule has 1 aliphatic rings. The number of rotatable bonds is 4. The molecule has 0 unspecified atom stereocenters. The molecule has 6 nitrogen and oxygen atoms in total. The van der Waals surface area contributed by atoms with Gasteiger partial charge in [0.25, 0.3) is 5.91 Å². The molecule has 20 heavy (non-hydrogen) atoms. The van der Waals surface area contributed by atoms with Gasteiger partial charge in [-0.15, -0.1) is 0 Å². The van der Waals surface area contributed by atoms with Gasteiger partial charge < -0.3 is 14.1 Å². The molecule has 1 fully saturated rings. The summed E-state index contributed by atoms with van der Waals surface area (Å²) < 4.78 is 10.6. The molecule has 0 bridgehead atoms. The van der Waals surface area contributed by atoms with Crippen LogP contribution in [-0.4, -0.2) is 41.3 Å². The predicted molar refractivity (Wildman–Crippen MR) is 71.3 cm³/mol. The summed E-state index contributed by atoms with van der Waals surface area (Å²) in [7, 11) is 1.76. The van der Waals surface area contributed by atoms with Crippen molar-refractivity contribution in [3.8, 4) is 0 Å². The number of hydrogen-bond acceptors (Lipinski definition) is 4. The van der Waals surface area contributed by atoms with E-state index >= 15 is 0 Å². The van der Waals surface area contributed by atoms with Gasteiger partial charge in [0.2, 0.25) is 0 Å². The molecule has 0 aromatic carbocycles. The molecular weight excluding hydrogens is 258 g/mol. The lowest BCUT2D eigenvalue weighted by atomic mass is 10.0. The molecular formula is C14H17N3O3. The van der Waals surface area contributed by atoms with Gasteiger partial charge in [-0.1, -0.05) is 0 Å². The zero-order chi connectivity index (χ0) is 13.9. The number of hydrogen-bond donors (Lipinski definition) is 1. The van der Waals surface area contributed by atoms with Crippen molar-refractivity contribution in [1.82, 2.24) is 15.1 Å². The van der Waals surface area contributed by atoms with E-state index in [-0.39, 0.29) is 11.8 Å². The second kappa shape index (κ2) is 5.50. The normalized spacial score (nSPS) is 18.4. The minimum atomic E-state index is -0.0583. The Morgan fingerprint density at radius 1 is 1.60 bits per heavy atom. The van der Waals surface area contributed by atoms with Gasteiger partial charge in [0.15, 0.2) is 0 Å². The monoisotopic (exact) mass is 275 g/mol. The molecule has 0 saturated carbocycles. The van der Waals surface area contributed by atoms with Crippen LogP contribution in [0, 0.1) is 0 Å². The van der Waals surface area contributed by atoms with E-state index in [0.29, 0.717) is 18.7 Å². The average Bonchev–Trinajstić information content (AvgIpc) is 3.18. The summed E-state index contributed by atoms with van der Waals surface area (Å²) in [6.45, 7) is 1.82. The van der Waals surface area contributed by atoms with E-state index in [1.54, 1.807) is 24.4 Å². The van der Waals surface area contributed by atoms with E-state index < -0.39 is 0 Å². The molecule has 3 rings (SSSR count). The van der Waals surface area contributed by atoms with E-state index in [1.165, 1.54) is 0 Å². The molecule has 0 radical (unpaired) electrons. The van der Waals surface area contributed by atoms with Crippen molar-refractivity contribution in [1.29, 1.82) is 0 Å². The Kier molecular flexibility index (Phi) is 3.56. The van der Waals surface area contributed by atoms with Crippen LogP contribution in [0.25, 0.3) is 0 Å². The van der Waals surface area contributed by atoms with E-state index in [1.807, 2.05) is 12.1 Å². The fourth-order valence-corrected chi connectivity index (χ4v) is 2.45. The largest absolute Gasteiger partial charge is 0.467 e. The molecule has 2 aromatic heterocycles. The number of H-pyrrole nitrogens is 1. The fraction of sp³-hybridized carbons (Fsp3) is 0.429. The Bertz CT molecular complexity index is 570. The highest BCUT2D eigenvalue weighted by atomic mass is 16.5. The quantitative estimate of drug-likeness (QED) is 0.923. The van der Waals surface area contributed by atoms with Crippen LogP contribution in [0.2, 0.25) is 0 Å². The summed E-state index contributed by atoms with van der Waals surface area (Å²) in [5.74, 6) is 0.931. The van der Waals surface area contributed by atoms with Gasteiger partial charge in [0.1, 0.15) is 5.76 Å². The first-order valence-corrected chi connectivity index (χ1v) is 6.64. The number of amides is 1. The highest BCUT2D eigenvalue weighted by molar-refractivity contribution is 5.95. The second-order valence-electron chi connectivity index (χ2n) is 5.00. The molecule has 1 amide bonds. The van der Waals surface area contributed by atoms with Crippen molar-refractivity contribution in [2.75, 3.05) is 20.3 Å². The summed E-state index contributed by atoms with van der Waals surface area (Å²) in [5.41, 5.74) is 1.49. The molecule has 1 atom stereocenters. The van der Waals surface area contributed by atoms with E-state index in [0.717, 1.165) is 24.5 Å². The number of furan rings is 1. The van der Waals surface area contributed by atoms with Crippen molar-refractivity contribution in [3.63, 3.8) is 0 Å². The first-order chi connectivity index (χ1) is 9.75. The topological polar surface area (TPSA) is 71.4 Å². The number of ether oxygens (including phenoxy) is 1. The number of nitrogens with one attached hydrogen (secondary N) is 1. The lowest BCUT2D eigenvalue weighted by Crippen LogP contribution is -2.27. The zero-order valence-corrected chi connectivity index (χ0v) is 11.3. The SMILES string of the molecule is CN(Cc1ccco1)C(=O)c1cn[nH]c1[C@@H]1CCOC1. The number of aromatic amines is 1. The maximum atomic E-state index is 12.5. The summed E-state index contributed by atoms with van der Waals surface area (Å²) in [6, 6.07) is 3.66. The van der Waals surface area contributed by atoms with Crippen LogP contribution >= 0.6 is 0 Å². The number of carbonyl (C=O) groups excluding carboxylic acids is 1. The molecule has 1 N–H and O–H groups in total. The maximum absolute atomic E-state index is 12.5. The van der Waals surface area contributed by atoms with Crippen LogP contribution in [-0.2, 0) is 11.3 Å². The summed E-state index contributed by atoms with van der Waals surface area (Å²) in [4.78, 5) is 14.1. The molecule has 1 saturated heterocycles. The molecule has 3 heterocycles. The first kappa shape index (κ1) is 12.9. The van der Waals surface area contributed by atoms with Crippen LogP contribution in [0.15, 0.2) is 29.0 Å². The summed E-state index contributed by atoms with van der Waals surface area (Å²) in [6.07, 6.45) is 4.12. The van der Waals surface area contributed by atoms with Gasteiger partial charge in [-0.25, -0.2) is 0 Å². The third-order valence-electron chi connectivity index (χ3n) is 3.56. The van der Waals surface area contributed by atoms with Crippen molar-refractivity contribution in [2.24, 2.45) is 0 Å². The van der Waals surface area contributed by atoms with Crippen molar-refractivity contribution in [3.05, 3.63) is 41.6 Å². The highest BCUT2D eigenvalue weighted by Gasteiger charge is 2.26. The van der Waals surface area contributed by atoms with Crippen LogP contribution in [0.4, 0.5) is 0 Å². The minimum absolute atomic E-state index is 0.0583. The molecule has 1 aliphatic heterocycles. The lowest BCUT2D eigenvalue weighted by molar-refractivity contribution is 0.0774. The summed E-state index contributed by atoms with van der Waals surface area (Å²) >= 11 is 0. The molecule has 0 aliphatic carbocycles. The molecule has 2 aromatic rings. The van der Waals surface area contributed by atoms with Crippen molar-refractivity contribution >= 4 is 5.91 Å². The van der Waals surface area contributed by atoms with Crippen LogP contribution in [0.1, 0.15) is 34.2 Å². The van der Waals surface area contributed by atoms with Gasteiger partial charge in [-0.05, 0) is 18.6 Å². The van der Waals surface area contributed by atoms with Gasteiger partial charge in [0.05, 0.1) is 36.9 Å². The Morgan fingerprint density at radius 2 is 2.50 bits per heavy atom. The summed E-state index contributed by atoms with van der Waals surface area (Å²) in [5, 5.41) is 6.96. The van der Waals surface area contributed by atoms with Gasteiger partial charge in [-0.3, -0.25) is 9.89 Å². The van der Waals surface area contributed by atoms with Gasteiger partial charge in [-0.2, -0.15) is 5.10 Å². The number of carbonyl (C=O) groups is 1.